The Morgan fingerprint density at radius 1 is 0.973 bits per heavy atom. The van der Waals surface area contributed by atoms with E-state index in [-0.39, 0.29) is 18.6 Å². The number of halogens is 1. The van der Waals surface area contributed by atoms with Crippen molar-refractivity contribution in [3.63, 3.8) is 0 Å². The van der Waals surface area contributed by atoms with Gasteiger partial charge in [-0.2, -0.15) is 0 Å². The summed E-state index contributed by atoms with van der Waals surface area (Å²) in [5, 5.41) is 4.17. The van der Waals surface area contributed by atoms with Crippen LogP contribution in [0.4, 0.5) is 0 Å². The summed E-state index contributed by atoms with van der Waals surface area (Å²) >= 11 is 6.50. The summed E-state index contributed by atoms with van der Waals surface area (Å²) in [6.07, 6.45) is 7.75. The number of carbonyl (C=O) groups excluding carboxylic acids is 1. The Morgan fingerprint density at radius 2 is 1.65 bits per heavy atom. The minimum atomic E-state index is 0.0163. The molecular formula is C32H40ClNO3. The second-order valence-corrected chi connectivity index (χ2v) is 12.9. The molecule has 5 aliphatic rings. The summed E-state index contributed by atoms with van der Waals surface area (Å²) in [4.78, 5) is 12.7. The Morgan fingerprint density at radius 3 is 2.30 bits per heavy atom. The monoisotopic (exact) mass is 521 g/mol. The fourth-order valence-corrected chi connectivity index (χ4v) is 8.43. The maximum Gasteiger partial charge on any atom is 0.258 e. The first kappa shape index (κ1) is 25.2. The molecule has 1 amide bonds. The zero-order chi connectivity index (χ0) is 25.5. The lowest BCUT2D eigenvalue weighted by molar-refractivity contribution is -0.127. The van der Waals surface area contributed by atoms with Crippen molar-refractivity contribution in [1.82, 2.24) is 5.32 Å². The van der Waals surface area contributed by atoms with Gasteiger partial charge in [-0.05, 0) is 103 Å². The molecule has 4 aliphatic carbocycles. The fraction of sp³-hybridized carbons (Fsp3) is 0.594. The molecule has 5 heteroatoms. The number of carbonyl (C=O) groups is 1. The van der Waals surface area contributed by atoms with Gasteiger partial charge in [0.25, 0.3) is 5.91 Å². The molecule has 198 valence electrons. The van der Waals surface area contributed by atoms with Gasteiger partial charge in [0.2, 0.25) is 0 Å². The zero-order valence-corrected chi connectivity index (χ0v) is 22.8. The van der Waals surface area contributed by atoms with E-state index in [0.717, 1.165) is 29.0 Å². The largest absolute Gasteiger partial charge is 0.484 e. The Bertz CT molecular complexity index is 1070. The van der Waals surface area contributed by atoms with Crippen LogP contribution >= 0.6 is 11.6 Å². The van der Waals surface area contributed by atoms with Crippen molar-refractivity contribution in [2.75, 3.05) is 13.2 Å². The maximum atomic E-state index is 12.7. The first-order chi connectivity index (χ1) is 17.9. The van der Waals surface area contributed by atoms with Crippen molar-refractivity contribution in [3.05, 3.63) is 64.7 Å². The van der Waals surface area contributed by atoms with Crippen LogP contribution in [0.15, 0.2) is 48.5 Å². The smallest absolute Gasteiger partial charge is 0.258 e. The van der Waals surface area contributed by atoms with Gasteiger partial charge in [-0.3, -0.25) is 4.79 Å². The Kier molecular flexibility index (Phi) is 7.24. The summed E-state index contributed by atoms with van der Waals surface area (Å²) in [5.74, 6) is 5.13. The summed E-state index contributed by atoms with van der Waals surface area (Å²) in [6.45, 7) is 5.29. The second-order valence-electron chi connectivity index (χ2n) is 12.5. The summed E-state index contributed by atoms with van der Waals surface area (Å²) in [5.41, 5.74) is 2.35. The highest BCUT2D eigenvalue weighted by molar-refractivity contribution is 6.31. The van der Waals surface area contributed by atoms with Crippen molar-refractivity contribution >= 4 is 17.5 Å². The lowest BCUT2D eigenvalue weighted by Crippen LogP contribution is -2.56. The van der Waals surface area contributed by atoms with Gasteiger partial charge in [0.05, 0.1) is 12.7 Å². The predicted octanol–water partition coefficient (Wildman–Crippen LogP) is 7.18. The van der Waals surface area contributed by atoms with Crippen LogP contribution in [0.5, 0.6) is 5.75 Å². The number of hydrogen-bond acceptors (Lipinski definition) is 3. The molecule has 2 aromatic carbocycles. The van der Waals surface area contributed by atoms with Crippen LogP contribution in [0.2, 0.25) is 5.02 Å². The number of nitrogens with one attached hydrogen (secondary N) is 1. The van der Waals surface area contributed by atoms with Gasteiger partial charge in [-0.15, -0.1) is 0 Å². The maximum absolute atomic E-state index is 12.7. The summed E-state index contributed by atoms with van der Waals surface area (Å²) < 4.78 is 12.4. The van der Waals surface area contributed by atoms with Crippen LogP contribution in [-0.2, 0) is 9.53 Å². The number of hydrogen-bond donors (Lipinski definition) is 1. The molecule has 1 heterocycles. The van der Waals surface area contributed by atoms with Gasteiger partial charge < -0.3 is 14.8 Å². The Balaban J connectivity index is 1.04. The minimum Gasteiger partial charge on any atom is -0.484 e. The molecule has 3 atom stereocenters. The van der Waals surface area contributed by atoms with Gasteiger partial charge in [0.15, 0.2) is 6.61 Å². The van der Waals surface area contributed by atoms with Crippen molar-refractivity contribution in [2.45, 2.75) is 70.4 Å². The van der Waals surface area contributed by atoms with Gasteiger partial charge in [-0.25, -0.2) is 0 Å². The van der Waals surface area contributed by atoms with E-state index < -0.39 is 0 Å². The molecule has 1 N–H and O–H groups in total. The second kappa shape index (κ2) is 10.6. The molecule has 0 aromatic heterocycles. The number of amides is 1. The molecule has 37 heavy (non-hydrogen) atoms. The van der Waals surface area contributed by atoms with E-state index in [1.807, 2.05) is 24.3 Å². The van der Waals surface area contributed by atoms with E-state index in [9.17, 15) is 4.79 Å². The van der Waals surface area contributed by atoms with E-state index in [0.29, 0.717) is 42.2 Å². The molecule has 0 spiro atoms. The molecule has 0 radical (unpaired) electrons. The topological polar surface area (TPSA) is 47.6 Å². The van der Waals surface area contributed by atoms with Crippen LogP contribution in [0.3, 0.4) is 0 Å². The highest BCUT2D eigenvalue weighted by Crippen LogP contribution is 2.53. The molecule has 1 aliphatic heterocycles. The van der Waals surface area contributed by atoms with Crippen LogP contribution in [0.1, 0.15) is 75.5 Å². The Hall–Kier alpha value is -2.04. The molecule has 5 fully saturated rings. The predicted molar refractivity (Wildman–Crippen MR) is 147 cm³/mol. The molecule has 4 nitrogen and oxygen atoms in total. The first-order valence-corrected chi connectivity index (χ1v) is 14.7. The molecule has 0 unspecified atom stereocenters. The van der Waals surface area contributed by atoms with E-state index >= 15 is 0 Å². The third-order valence-electron chi connectivity index (χ3n) is 9.76. The average molecular weight is 522 g/mol. The fourth-order valence-electron chi connectivity index (χ4n) is 8.14. The van der Waals surface area contributed by atoms with Crippen LogP contribution in [0, 0.1) is 35.5 Å². The van der Waals surface area contributed by atoms with E-state index in [2.05, 4.69) is 43.4 Å². The van der Waals surface area contributed by atoms with Gasteiger partial charge >= 0.3 is 0 Å². The third-order valence-corrected chi connectivity index (χ3v) is 10.1. The molecular weight excluding hydrogens is 482 g/mol. The van der Waals surface area contributed by atoms with Crippen LogP contribution in [-0.4, -0.2) is 25.2 Å². The van der Waals surface area contributed by atoms with Crippen molar-refractivity contribution in [2.24, 2.45) is 35.5 Å². The summed E-state index contributed by atoms with van der Waals surface area (Å²) in [6, 6.07) is 16.6. The number of ether oxygens (including phenoxy) is 2. The zero-order valence-electron chi connectivity index (χ0n) is 22.1. The van der Waals surface area contributed by atoms with Gasteiger partial charge in [-0.1, -0.05) is 55.8 Å². The van der Waals surface area contributed by atoms with Crippen molar-refractivity contribution in [3.8, 4) is 5.75 Å². The quantitative estimate of drug-likeness (QED) is 0.420. The van der Waals surface area contributed by atoms with Crippen molar-refractivity contribution in [1.29, 1.82) is 0 Å². The van der Waals surface area contributed by atoms with E-state index in [1.165, 1.54) is 43.2 Å². The Labute approximate surface area is 226 Å². The van der Waals surface area contributed by atoms with Crippen LogP contribution in [0.25, 0.3) is 0 Å². The molecule has 1 saturated heterocycles. The molecule has 7 rings (SSSR count). The highest BCUT2D eigenvalue weighted by Gasteiger charge is 2.48. The average Bonchev–Trinajstić information content (AvgIpc) is 2.89. The highest BCUT2D eigenvalue weighted by atomic mass is 35.5. The third kappa shape index (κ3) is 5.29. The lowest BCUT2D eigenvalue weighted by atomic mass is 9.54. The number of benzene rings is 2. The van der Waals surface area contributed by atoms with E-state index in [1.54, 1.807) is 0 Å². The first-order valence-electron chi connectivity index (χ1n) is 14.3. The standard InChI is InChI=1S/C32H40ClNO3/c1-19(2)28-16-25(27-5-3-4-6-29(27)33)17-37-32(28)22-7-9-26(10-8-22)36-18-30(35)34-31-23-12-20-11-21(14-23)15-24(31)13-20/h3-10,19-21,23-25,28,31-32H,11-18H2,1-2H3,(H,34,35)/t20?,21?,23?,24?,25-,28-,31?,32-/m0/s1. The normalized spacial score (nSPS) is 34.5. The van der Waals surface area contributed by atoms with Gasteiger partial charge in [0.1, 0.15) is 5.75 Å². The van der Waals surface area contributed by atoms with Crippen molar-refractivity contribution < 1.29 is 14.3 Å². The summed E-state index contributed by atoms with van der Waals surface area (Å²) in [7, 11) is 0. The SMILES string of the molecule is CC(C)[C@@H]1C[C@H](c2ccccc2Cl)CO[C@H]1c1ccc(OCC(=O)NC2C3CC4CC(C3)CC2C4)cc1. The molecule has 4 bridgehead atoms. The molecule has 2 aromatic rings. The van der Waals surface area contributed by atoms with Gasteiger partial charge in [0, 0.05) is 17.0 Å². The lowest BCUT2D eigenvalue weighted by Gasteiger charge is -2.54. The molecule has 4 saturated carbocycles. The van der Waals surface area contributed by atoms with Crippen LogP contribution < -0.4 is 10.1 Å². The number of rotatable bonds is 7. The van der Waals surface area contributed by atoms with E-state index in [4.69, 9.17) is 21.1 Å². The minimum absolute atomic E-state index is 0.0163.